The van der Waals surface area contributed by atoms with Gasteiger partial charge in [-0.3, -0.25) is 0 Å². The summed E-state index contributed by atoms with van der Waals surface area (Å²) in [5.41, 5.74) is 9.69. The van der Waals surface area contributed by atoms with E-state index >= 15 is 0 Å². The van der Waals surface area contributed by atoms with Crippen LogP contribution < -0.4 is 0 Å². The summed E-state index contributed by atoms with van der Waals surface area (Å²) in [5, 5.41) is 13.0. The molecule has 2 aromatic carbocycles. The van der Waals surface area contributed by atoms with Crippen LogP contribution >= 0.6 is 0 Å². The van der Waals surface area contributed by atoms with Crippen molar-refractivity contribution in [3.63, 3.8) is 0 Å². The summed E-state index contributed by atoms with van der Waals surface area (Å²) in [6.45, 7) is 10.9. The largest absolute Gasteiger partial charge is 0.411 e. The Morgan fingerprint density at radius 3 is 2.22 bits per heavy atom. The van der Waals surface area contributed by atoms with Crippen LogP contribution in [0.25, 0.3) is 0 Å². The van der Waals surface area contributed by atoms with Gasteiger partial charge >= 0.3 is 0 Å². The fraction of sp³-hybridized carbons (Fsp3) is 0.381. The molecule has 2 aromatic rings. The molecule has 1 aliphatic rings. The van der Waals surface area contributed by atoms with Gasteiger partial charge in [0.1, 0.15) is 0 Å². The monoisotopic (exact) mass is 307 g/mol. The molecule has 0 saturated heterocycles. The first-order chi connectivity index (χ1) is 10.9. The van der Waals surface area contributed by atoms with Crippen molar-refractivity contribution in [3.05, 3.63) is 69.3 Å². The third-order valence-electron chi connectivity index (χ3n) is 5.67. The van der Waals surface area contributed by atoms with Crippen LogP contribution in [-0.2, 0) is 5.41 Å². The van der Waals surface area contributed by atoms with Crippen LogP contribution in [0.4, 0.5) is 0 Å². The van der Waals surface area contributed by atoms with E-state index in [2.05, 4.69) is 70.1 Å². The molecule has 1 unspecified atom stereocenters. The first-order valence-electron chi connectivity index (χ1n) is 8.27. The van der Waals surface area contributed by atoms with Gasteiger partial charge in [-0.1, -0.05) is 36.3 Å². The van der Waals surface area contributed by atoms with Gasteiger partial charge in [-0.2, -0.15) is 0 Å². The lowest BCUT2D eigenvalue weighted by Crippen LogP contribution is -2.32. The fourth-order valence-electron chi connectivity index (χ4n) is 3.64. The normalized spacial score (nSPS) is 22.2. The average Bonchev–Trinajstić information content (AvgIpc) is 2.52. The molecular weight excluding hydrogens is 282 g/mol. The lowest BCUT2D eigenvalue weighted by molar-refractivity contribution is 0.316. The predicted octanol–water partition coefficient (Wildman–Crippen LogP) is 5.20. The third-order valence-corrected chi connectivity index (χ3v) is 5.67. The molecule has 23 heavy (non-hydrogen) atoms. The van der Waals surface area contributed by atoms with Crippen molar-refractivity contribution in [3.8, 4) is 0 Å². The highest BCUT2D eigenvalue weighted by Crippen LogP contribution is 2.43. The minimum atomic E-state index is -0.0412. The molecule has 120 valence electrons. The molecule has 0 heterocycles. The Balaban J connectivity index is 2.25. The lowest BCUT2D eigenvalue weighted by atomic mass is 9.66. The summed E-state index contributed by atoms with van der Waals surface area (Å²) in [4.78, 5) is 0. The van der Waals surface area contributed by atoms with Crippen LogP contribution in [0.2, 0.25) is 0 Å². The van der Waals surface area contributed by atoms with Crippen LogP contribution in [0.5, 0.6) is 0 Å². The zero-order chi connectivity index (χ0) is 16.8. The topological polar surface area (TPSA) is 32.6 Å². The van der Waals surface area contributed by atoms with E-state index in [1.54, 1.807) is 0 Å². The molecule has 0 fully saturated rings. The number of oxime groups is 1. The number of rotatable bonds is 1. The van der Waals surface area contributed by atoms with Gasteiger partial charge in [0.15, 0.2) is 0 Å². The second kappa shape index (κ2) is 5.52. The minimum Gasteiger partial charge on any atom is -0.411 e. The molecule has 0 amide bonds. The number of nitrogens with zero attached hydrogens (tertiary/aromatic N) is 1. The summed E-state index contributed by atoms with van der Waals surface area (Å²) in [6, 6.07) is 11.2. The molecule has 1 N–H and O–H groups in total. The van der Waals surface area contributed by atoms with E-state index in [4.69, 9.17) is 0 Å². The molecule has 2 heteroatoms. The lowest BCUT2D eigenvalue weighted by Gasteiger charge is -2.37. The minimum absolute atomic E-state index is 0.0412. The van der Waals surface area contributed by atoms with Gasteiger partial charge in [-0.05, 0) is 80.0 Å². The summed E-state index contributed by atoms with van der Waals surface area (Å²) in [6.07, 6.45) is 1.76. The van der Waals surface area contributed by atoms with E-state index in [-0.39, 0.29) is 5.41 Å². The molecule has 0 bridgehead atoms. The highest BCUT2D eigenvalue weighted by atomic mass is 16.4. The average molecular weight is 307 g/mol. The Bertz CT molecular complexity index is 804. The molecule has 3 rings (SSSR count). The Morgan fingerprint density at radius 1 is 0.913 bits per heavy atom. The highest BCUT2D eigenvalue weighted by Gasteiger charge is 2.36. The maximum absolute atomic E-state index is 9.41. The van der Waals surface area contributed by atoms with Crippen LogP contribution in [0, 0.1) is 27.7 Å². The molecule has 0 aliphatic heterocycles. The van der Waals surface area contributed by atoms with Gasteiger partial charge in [-0.25, -0.2) is 0 Å². The van der Waals surface area contributed by atoms with Crippen molar-refractivity contribution in [2.75, 3.05) is 0 Å². The van der Waals surface area contributed by atoms with Crippen LogP contribution in [0.1, 0.15) is 58.7 Å². The zero-order valence-electron chi connectivity index (χ0n) is 14.7. The maximum Gasteiger partial charge on any atom is 0.0871 e. The Kier molecular flexibility index (Phi) is 3.79. The van der Waals surface area contributed by atoms with Crippen LogP contribution in [0.15, 0.2) is 35.5 Å². The second-order valence-electron chi connectivity index (χ2n) is 7.16. The summed E-state index contributed by atoms with van der Waals surface area (Å²) in [7, 11) is 0. The second-order valence-corrected chi connectivity index (χ2v) is 7.16. The van der Waals surface area contributed by atoms with E-state index < -0.39 is 0 Å². The maximum atomic E-state index is 9.41. The Morgan fingerprint density at radius 2 is 1.57 bits per heavy atom. The van der Waals surface area contributed by atoms with Gasteiger partial charge in [0.05, 0.1) is 5.71 Å². The van der Waals surface area contributed by atoms with Crippen molar-refractivity contribution in [2.24, 2.45) is 5.16 Å². The number of hydrogen-bond donors (Lipinski definition) is 1. The number of hydrogen-bond acceptors (Lipinski definition) is 2. The number of benzene rings is 2. The van der Waals surface area contributed by atoms with Crippen LogP contribution in [0.3, 0.4) is 0 Å². The van der Waals surface area contributed by atoms with Crippen molar-refractivity contribution in [2.45, 2.75) is 52.9 Å². The SMILES string of the molecule is Cc1ccc(C2(C)CC/C(=N\O)c3cc(C)c(C)cc32)cc1C. The van der Waals surface area contributed by atoms with E-state index in [1.165, 1.54) is 33.4 Å². The van der Waals surface area contributed by atoms with Gasteiger partial charge < -0.3 is 5.21 Å². The van der Waals surface area contributed by atoms with Crippen molar-refractivity contribution >= 4 is 5.71 Å². The number of aryl methyl sites for hydroxylation is 4. The van der Waals surface area contributed by atoms with Gasteiger partial charge in [-0.15, -0.1) is 0 Å². The molecule has 0 spiro atoms. The first-order valence-corrected chi connectivity index (χ1v) is 8.27. The van der Waals surface area contributed by atoms with Gasteiger partial charge in [0, 0.05) is 11.0 Å². The summed E-state index contributed by atoms with van der Waals surface area (Å²) < 4.78 is 0. The molecule has 0 saturated carbocycles. The number of fused-ring (bicyclic) bond motifs is 1. The third kappa shape index (κ3) is 2.46. The molecule has 2 nitrogen and oxygen atoms in total. The fourth-order valence-corrected chi connectivity index (χ4v) is 3.64. The zero-order valence-corrected chi connectivity index (χ0v) is 14.7. The predicted molar refractivity (Wildman–Crippen MR) is 95.8 cm³/mol. The Labute approximate surface area is 138 Å². The van der Waals surface area contributed by atoms with E-state index in [0.29, 0.717) is 0 Å². The van der Waals surface area contributed by atoms with Gasteiger partial charge in [0.25, 0.3) is 0 Å². The molecule has 0 radical (unpaired) electrons. The van der Waals surface area contributed by atoms with E-state index in [9.17, 15) is 5.21 Å². The highest BCUT2D eigenvalue weighted by molar-refractivity contribution is 6.03. The standard InChI is InChI=1S/C21H25NO/c1-13-6-7-17(10-14(13)2)21(5)9-8-20(22-23)18-11-15(3)16(4)12-19(18)21/h6-7,10-12,23H,8-9H2,1-5H3/b22-20+. The molecular formula is C21H25NO. The van der Waals surface area contributed by atoms with Crippen molar-refractivity contribution in [1.29, 1.82) is 0 Å². The summed E-state index contributed by atoms with van der Waals surface area (Å²) >= 11 is 0. The molecule has 0 aromatic heterocycles. The Hall–Kier alpha value is -2.09. The quantitative estimate of drug-likeness (QED) is 0.570. The van der Waals surface area contributed by atoms with Crippen molar-refractivity contribution in [1.82, 2.24) is 0 Å². The molecule has 1 atom stereocenters. The van der Waals surface area contributed by atoms with Crippen LogP contribution in [-0.4, -0.2) is 10.9 Å². The smallest absolute Gasteiger partial charge is 0.0871 e. The van der Waals surface area contributed by atoms with E-state index in [0.717, 1.165) is 24.1 Å². The van der Waals surface area contributed by atoms with Crippen molar-refractivity contribution < 1.29 is 5.21 Å². The first kappa shape index (κ1) is 15.8. The van der Waals surface area contributed by atoms with E-state index in [1.807, 2.05) is 0 Å². The molecule has 1 aliphatic carbocycles. The summed E-state index contributed by atoms with van der Waals surface area (Å²) in [5.74, 6) is 0. The van der Waals surface area contributed by atoms with Gasteiger partial charge in [0.2, 0.25) is 0 Å².